The summed E-state index contributed by atoms with van der Waals surface area (Å²) in [6.45, 7) is 2.88. The minimum Gasteiger partial charge on any atom is -0.462 e. The van der Waals surface area contributed by atoms with E-state index in [1.54, 1.807) is 44.2 Å². The zero-order chi connectivity index (χ0) is 28.1. The molecule has 0 bridgehead atoms. The fraction of sp³-hybridized carbons (Fsp3) is 0.542. The van der Waals surface area contributed by atoms with Crippen LogP contribution in [0.25, 0.3) is 0 Å². The first-order valence-corrected chi connectivity index (χ1v) is 14.8. The second-order valence-corrected chi connectivity index (χ2v) is 12.5. The summed E-state index contributed by atoms with van der Waals surface area (Å²) in [5, 5.41) is 24.8. The number of aliphatic hydroxyl groups excluding tert-OH is 1. The molecular weight excluding hydrogens is 537 g/mol. The minimum absolute atomic E-state index is 0.338. The summed E-state index contributed by atoms with van der Waals surface area (Å²) >= 11 is 5.75. The highest BCUT2D eigenvalue weighted by atomic mass is 32.5. The van der Waals surface area contributed by atoms with E-state index in [1.807, 2.05) is 6.92 Å². The summed E-state index contributed by atoms with van der Waals surface area (Å²) in [5.41, 5.74) is -3.35. The zero-order valence-corrected chi connectivity index (χ0v) is 23.3. The van der Waals surface area contributed by atoms with E-state index in [0.717, 1.165) is 16.8 Å². The Labute approximate surface area is 225 Å². The van der Waals surface area contributed by atoms with Crippen molar-refractivity contribution in [1.82, 2.24) is 14.6 Å². The van der Waals surface area contributed by atoms with Crippen LogP contribution in [-0.4, -0.2) is 62.3 Å². The molecule has 1 aliphatic heterocycles. The number of rotatable bonds is 12. The highest BCUT2D eigenvalue weighted by Crippen LogP contribution is 2.47. The van der Waals surface area contributed by atoms with E-state index < -0.39 is 53.9 Å². The number of benzene rings is 1. The summed E-state index contributed by atoms with van der Waals surface area (Å²) in [4.78, 5) is 38.6. The number of nitrogens with one attached hydrogen (secondary N) is 2. The Kier molecular flexibility index (Phi) is 10.0. The molecule has 38 heavy (non-hydrogen) atoms. The van der Waals surface area contributed by atoms with Gasteiger partial charge in [-0.2, -0.15) is 0 Å². The van der Waals surface area contributed by atoms with Crippen LogP contribution >= 0.6 is 6.64 Å². The van der Waals surface area contributed by atoms with E-state index >= 15 is 0 Å². The SMILES string of the molecule is CCCC(NP(=S)(OCC1OC(n2ccc(=O)[nH]c2=O)C(C)(O)C1O)Oc1ccccc1)C(=O)OC(C)C. The molecule has 0 aliphatic carbocycles. The van der Waals surface area contributed by atoms with Crippen LogP contribution < -0.4 is 20.9 Å². The van der Waals surface area contributed by atoms with Gasteiger partial charge in [0.2, 0.25) is 0 Å². The van der Waals surface area contributed by atoms with Crippen LogP contribution in [-0.2, 0) is 30.6 Å². The minimum atomic E-state index is -3.46. The first-order valence-electron chi connectivity index (χ1n) is 12.2. The Morgan fingerprint density at radius 3 is 2.58 bits per heavy atom. The van der Waals surface area contributed by atoms with Gasteiger partial charge in [-0.05, 0) is 51.1 Å². The number of aliphatic hydroxyl groups is 2. The lowest BCUT2D eigenvalue weighted by Crippen LogP contribution is -2.47. The van der Waals surface area contributed by atoms with Crippen LogP contribution in [0, 0.1) is 0 Å². The van der Waals surface area contributed by atoms with Crippen LogP contribution in [0.3, 0.4) is 0 Å². The molecule has 0 spiro atoms. The lowest BCUT2D eigenvalue weighted by Gasteiger charge is -2.29. The van der Waals surface area contributed by atoms with E-state index in [2.05, 4.69) is 10.1 Å². The van der Waals surface area contributed by atoms with Gasteiger partial charge in [-0.1, -0.05) is 31.5 Å². The maximum atomic E-state index is 12.7. The Hall–Kier alpha value is -2.38. The van der Waals surface area contributed by atoms with Crippen molar-refractivity contribution in [2.75, 3.05) is 6.61 Å². The zero-order valence-electron chi connectivity index (χ0n) is 21.6. The lowest BCUT2D eigenvalue weighted by molar-refractivity contribution is -0.149. The fourth-order valence-electron chi connectivity index (χ4n) is 3.90. The molecule has 1 saturated heterocycles. The number of H-pyrrole nitrogens is 1. The monoisotopic (exact) mass is 571 g/mol. The number of carbonyl (C=O) groups excluding carboxylic acids is 1. The van der Waals surface area contributed by atoms with Crippen molar-refractivity contribution >= 4 is 24.4 Å². The van der Waals surface area contributed by atoms with Crippen molar-refractivity contribution in [2.45, 2.75) is 76.7 Å². The second-order valence-electron chi connectivity index (χ2n) is 9.37. The number of nitrogens with zero attached hydrogens (tertiary/aromatic N) is 1. The van der Waals surface area contributed by atoms with Crippen molar-refractivity contribution in [3.8, 4) is 5.75 Å². The standard InChI is InChI=1S/C24H34N3O9PS/c1-5-9-17(21(30)34-15(2)3)26-37(38,36-16-10-7-6-8-11-16)33-14-18-20(29)24(4,32)22(35-18)27-13-12-19(28)25-23(27)31/h6-8,10-13,15,17-18,20,22,29,32H,5,9,14H2,1-4H3,(H,26,38)(H,25,28,31). The molecule has 0 saturated carbocycles. The third-order valence-electron chi connectivity index (χ3n) is 5.76. The van der Waals surface area contributed by atoms with Crippen molar-refractivity contribution < 1.29 is 33.5 Å². The van der Waals surface area contributed by atoms with Gasteiger partial charge in [0, 0.05) is 12.3 Å². The van der Waals surface area contributed by atoms with Gasteiger partial charge in [0.25, 0.3) is 5.56 Å². The average Bonchev–Trinajstić information content (AvgIpc) is 3.06. The van der Waals surface area contributed by atoms with E-state index in [9.17, 15) is 24.6 Å². The van der Waals surface area contributed by atoms with Gasteiger partial charge < -0.3 is 28.7 Å². The molecule has 1 fully saturated rings. The third kappa shape index (κ3) is 7.38. The fourth-order valence-corrected chi connectivity index (χ4v) is 6.26. The molecule has 6 unspecified atom stereocenters. The van der Waals surface area contributed by atoms with Gasteiger partial charge >= 0.3 is 18.3 Å². The number of hydrogen-bond acceptors (Lipinski definition) is 10. The highest BCUT2D eigenvalue weighted by Gasteiger charge is 2.54. The summed E-state index contributed by atoms with van der Waals surface area (Å²) in [6, 6.07) is 8.93. The number of hydrogen-bond donors (Lipinski definition) is 4. The molecule has 1 aromatic carbocycles. The van der Waals surface area contributed by atoms with Gasteiger partial charge in [0.15, 0.2) is 6.23 Å². The smallest absolute Gasteiger partial charge is 0.330 e. The summed E-state index contributed by atoms with van der Waals surface area (Å²) in [5.74, 6) is -0.109. The largest absolute Gasteiger partial charge is 0.462 e. The molecule has 1 aromatic heterocycles. The maximum absolute atomic E-state index is 12.7. The second kappa shape index (κ2) is 12.6. The number of ether oxygens (including phenoxy) is 2. The van der Waals surface area contributed by atoms with E-state index in [-0.39, 0.29) is 12.7 Å². The third-order valence-corrected chi connectivity index (χ3v) is 8.19. The molecule has 210 valence electrons. The van der Waals surface area contributed by atoms with Gasteiger partial charge in [-0.3, -0.25) is 19.1 Å². The molecule has 14 heteroatoms. The quantitative estimate of drug-likeness (QED) is 0.216. The summed E-state index contributed by atoms with van der Waals surface area (Å²) < 4.78 is 24.2. The average molecular weight is 572 g/mol. The normalized spacial score (nSPS) is 25.6. The molecule has 6 atom stereocenters. The van der Waals surface area contributed by atoms with Crippen molar-refractivity contribution in [3.63, 3.8) is 0 Å². The summed E-state index contributed by atoms with van der Waals surface area (Å²) in [7, 11) is 0. The molecule has 12 nitrogen and oxygen atoms in total. The van der Waals surface area contributed by atoms with Crippen LogP contribution in [0.4, 0.5) is 0 Å². The topological polar surface area (TPSA) is 161 Å². The first-order chi connectivity index (χ1) is 17.9. The van der Waals surface area contributed by atoms with E-state index in [4.69, 9.17) is 30.3 Å². The van der Waals surface area contributed by atoms with Gasteiger partial charge in [-0.15, -0.1) is 0 Å². The number of carbonyl (C=O) groups is 1. The molecule has 0 amide bonds. The number of para-hydroxylation sites is 1. The van der Waals surface area contributed by atoms with E-state index in [0.29, 0.717) is 18.6 Å². The first kappa shape index (κ1) is 30.2. The summed E-state index contributed by atoms with van der Waals surface area (Å²) in [6.07, 6.45) is -2.08. The van der Waals surface area contributed by atoms with Crippen LogP contribution in [0.1, 0.15) is 46.8 Å². The molecule has 1 aliphatic rings. The predicted molar refractivity (Wildman–Crippen MR) is 142 cm³/mol. The Bertz CT molecular complexity index is 1250. The Balaban J connectivity index is 1.84. The molecule has 3 rings (SSSR count). The molecule has 2 heterocycles. The maximum Gasteiger partial charge on any atom is 0.330 e. The van der Waals surface area contributed by atoms with Crippen LogP contribution in [0.2, 0.25) is 0 Å². The molecule has 4 N–H and O–H groups in total. The molecule has 2 aromatic rings. The number of aromatic nitrogens is 2. The number of aromatic amines is 1. The van der Waals surface area contributed by atoms with Gasteiger partial charge in [0.1, 0.15) is 29.6 Å². The highest BCUT2D eigenvalue weighted by molar-refractivity contribution is 8.09. The van der Waals surface area contributed by atoms with Crippen LogP contribution in [0.15, 0.2) is 52.2 Å². The van der Waals surface area contributed by atoms with Crippen molar-refractivity contribution in [2.24, 2.45) is 0 Å². The van der Waals surface area contributed by atoms with Crippen molar-refractivity contribution in [3.05, 3.63) is 63.4 Å². The Morgan fingerprint density at radius 2 is 1.97 bits per heavy atom. The molecule has 0 radical (unpaired) electrons. The number of esters is 1. The van der Waals surface area contributed by atoms with Gasteiger partial charge in [0.05, 0.1) is 12.7 Å². The molecular formula is C24H34N3O9PS. The Morgan fingerprint density at radius 1 is 1.29 bits per heavy atom. The van der Waals surface area contributed by atoms with Crippen molar-refractivity contribution in [1.29, 1.82) is 0 Å². The van der Waals surface area contributed by atoms with Gasteiger partial charge in [-0.25, -0.2) is 9.88 Å². The predicted octanol–water partition coefficient (Wildman–Crippen LogP) is 1.58. The lowest BCUT2D eigenvalue weighted by atomic mass is 9.96. The van der Waals surface area contributed by atoms with E-state index in [1.165, 1.54) is 6.92 Å². The van der Waals surface area contributed by atoms with Crippen LogP contribution in [0.5, 0.6) is 5.75 Å².